The average molecular weight is 353 g/mol. The van der Waals surface area contributed by atoms with Crippen LogP contribution < -0.4 is 10.1 Å². The first kappa shape index (κ1) is 19.2. The molecule has 0 atom stereocenters. The minimum Gasteiger partial charge on any atom is -0.496 e. The Bertz CT molecular complexity index is 802. The van der Waals surface area contributed by atoms with Crippen LogP contribution in [0.5, 0.6) is 5.75 Å². The highest BCUT2D eigenvalue weighted by Gasteiger charge is 2.15. The van der Waals surface area contributed by atoms with Crippen molar-refractivity contribution in [2.45, 2.75) is 26.4 Å². The van der Waals surface area contributed by atoms with Crippen LogP contribution in [0.1, 0.15) is 42.3 Å². The molecule has 0 saturated carbocycles. The zero-order chi connectivity index (χ0) is 19.2. The lowest BCUT2D eigenvalue weighted by Gasteiger charge is -2.19. The topological polar surface area (TPSA) is 64.6 Å². The summed E-state index contributed by atoms with van der Waals surface area (Å²) in [7, 11) is 1.53. The van der Waals surface area contributed by atoms with Gasteiger partial charge < -0.3 is 9.47 Å². The van der Waals surface area contributed by atoms with Crippen molar-refractivity contribution in [3.8, 4) is 5.75 Å². The molecule has 0 unspecified atom stereocenters. The van der Waals surface area contributed by atoms with Crippen molar-refractivity contribution in [1.82, 2.24) is 0 Å². The summed E-state index contributed by atoms with van der Waals surface area (Å²) in [6.45, 7) is 5.45. The Balaban J connectivity index is 2.04. The third-order valence-corrected chi connectivity index (χ3v) is 3.41. The van der Waals surface area contributed by atoms with Gasteiger partial charge in [-0.3, -0.25) is 10.1 Å². The predicted molar refractivity (Wildman–Crippen MR) is 104 cm³/mol. The molecule has 0 saturated heterocycles. The smallest absolute Gasteiger partial charge is 0.412 e. The molecule has 2 aromatic rings. The molecule has 1 N–H and O–H groups in total. The number of rotatable bonds is 5. The zero-order valence-corrected chi connectivity index (χ0v) is 15.4. The van der Waals surface area contributed by atoms with Crippen LogP contribution in [0.3, 0.4) is 0 Å². The van der Waals surface area contributed by atoms with E-state index in [1.54, 1.807) is 24.3 Å². The number of amides is 1. The van der Waals surface area contributed by atoms with Crippen LogP contribution in [-0.2, 0) is 4.74 Å². The minimum atomic E-state index is -0.535. The fourth-order valence-corrected chi connectivity index (χ4v) is 2.22. The Morgan fingerprint density at radius 2 is 1.62 bits per heavy atom. The molecule has 0 bridgehead atoms. The van der Waals surface area contributed by atoms with Crippen LogP contribution in [0.4, 0.5) is 10.5 Å². The summed E-state index contributed by atoms with van der Waals surface area (Å²) in [4.78, 5) is 22.7. The number of ether oxygens (including phenoxy) is 2. The summed E-state index contributed by atoms with van der Waals surface area (Å²) in [5, 5.41) is 2.69. The molecule has 0 aromatic heterocycles. The average Bonchev–Trinajstić information content (AvgIpc) is 2.59. The summed E-state index contributed by atoms with van der Waals surface area (Å²) >= 11 is 0. The van der Waals surface area contributed by atoms with Crippen LogP contribution in [0.25, 0.3) is 12.2 Å². The molecular weight excluding hydrogens is 330 g/mol. The normalized spacial score (nSPS) is 11.2. The van der Waals surface area contributed by atoms with E-state index in [2.05, 4.69) is 5.32 Å². The maximum absolute atomic E-state index is 11.8. The Labute approximate surface area is 153 Å². The Hall–Kier alpha value is -3.08. The third-order valence-electron chi connectivity index (χ3n) is 3.41. The van der Waals surface area contributed by atoms with Crippen molar-refractivity contribution in [3.05, 3.63) is 59.2 Å². The Morgan fingerprint density at radius 3 is 2.19 bits per heavy atom. The van der Waals surface area contributed by atoms with Gasteiger partial charge in [0.2, 0.25) is 0 Å². The second-order valence-corrected chi connectivity index (χ2v) is 6.70. The lowest BCUT2D eigenvalue weighted by atomic mass is 10.1. The van der Waals surface area contributed by atoms with E-state index in [1.807, 2.05) is 51.1 Å². The summed E-state index contributed by atoms with van der Waals surface area (Å²) in [5.74, 6) is 0.541. The molecule has 0 aliphatic carbocycles. The van der Waals surface area contributed by atoms with Gasteiger partial charge in [-0.15, -0.1) is 0 Å². The van der Waals surface area contributed by atoms with E-state index >= 15 is 0 Å². The van der Waals surface area contributed by atoms with Crippen LogP contribution in [0.2, 0.25) is 0 Å². The molecule has 5 nitrogen and oxygen atoms in total. The number of carbonyl (C=O) groups excluding carboxylic acids is 2. The third kappa shape index (κ3) is 5.77. The summed E-state index contributed by atoms with van der Waals surface area (Å²) < 4.78 is 10.4. The van der Waals surface area contributed by atoms with Crippen molar-refractivity contribution >= 4 is 30.2 Å². The fraction of sp³-hybridized carbons (Fsp3) is 0.238. The van der Waals surface area contributed by atoms with Crippen LogP contribution in [-0.4, -0.2) is 25.1 Å². The van der Waals surface area contributed by atoms with Crippen molar-refractivity contribution in [1.29, 1.82) is 0 Å². The van der Waals surface area contributed by atoms with Gasteiger partial charge in [0.1, 0.15) is 11.4 Å². The molecule has 1 amide bonds. The fourth-order valence-electron chi connectivity index (χ4n) is 2.22. The number of nitrogens with one attached hydrogen (secondary N) is 1. The van der Waals surface area contributed by atoms with Gasteiger partial charge in [-0.25, -0.2) is 4.79 Å². The first-order valence-electron chi connectivity index (χ1n) is 8.22. The van der Waals surface area contributed by atoms with Crippen molar-refractivity contribution in [3.63, 3.8) is 0 Å². The largest absolute Gasteiger partial charge is 0.496 e. The highest BCUT2D eigenvalue weighted by atomic mass is 16.6. The second-order valence-electron chi connectivity index (χ2n) is 6.70. The predicted octanol–water partition coefficient (Wildman–Crippen LogP) is 5.03. The number of methoxy groups -OCH3 is 1. The van der Waals surface area contributed by atoms with Crippen molar-refractivity contribution in [2.24, 2.45) is 0 Å². The molecule has 0 heterocycles. The van der Waals surface area contributed by atoms with Gasteiger partial charge >= 0.3 is 6.09 Å². The molecule has 0 spiro atoms. The first-order valence-corrected chi connectivity index (χ1v) is 8.22. The molecule has 2 aromatic carbocycles. The van der Waals surface area contributed by atoms with Crippen LogP contribution in [0, 0.1) is 0 Å². The van der Waals surface area contributed by atoms with Crippen molar-refractivity contribution in [2.75, 3.05) is 12.4 Å². The van der Waals surface area contributed by atoms with Gasteiger partial charge in [0.15, 0.2) is 6.29 Å². The van der Waals surface area contributed by atoms with E-state index in [-0.39, 0.29) is 0 Å². The molecule has 0 aliphatic heterocycles. The maximum Gasteiger partial charge on any atom is 0.412 e. The Morgan fingerprint density at radius 1 is 1.00 bits per heavy atom. The quantitative estimate of drug-likeness (QED) is 0.605. The Kier molecular flexibility index (Phi) is 6.17. The van der Waals surface area contributed by atoms with Gasteiger partial charge in [-0.1, -0.05) is 30.4 Å². The SMILES string of the molecule is COc1cc(C=Cc2ccc(NC(=O)OC(C)(C)C)cc2)ccc1C=O. The standard InChI is InChI=1S/C21H23NO4/c1-21(2,3)26-20(24)22-18-11-8-15(9-12-18)5-6-16-7-10-17(14-23)19(13-16)25-4/h5-14H,1-4H3,(H,22,24). The molecule has 0 radical (unpaired) electrons. The van der Waals surface area contributed by atoms with Crippen LogP contribution in [0.15, 0.2) is 42.5 Å². The van der Waals surface area contributed by atoms with Gasteiger partial charge in [0.05, 0.1) is 12.7 Å². The second kappa shape index (κ2) is 8.34. The van der Waals surface area contributed by atoms with Gasteiger partial charge in [-0.2, -0.15) is 0 Å². The van der Waals surface area contributed by atoms with Gasteiger partial charge in [0.25, 0.3) is 0 Å². The number of anilines is 1. The lowest BCUT2D eigenvalue weighted by molar-refractivity contribution is 0.0636. The lowest BCUT2D eigenvalue weighted by Crippen LogP contribution is -2.27. The van der Waals surface area contributed by atoms with Crippen molar-refractivity contribution < 1.29 is 19.1 Å². The monoisotopic (exact) mass is 353 g/mol. The summed E-state index contributed by atoms with van der Waals surface area (Å²) in [6.07, 6.45) is 4.14. The van der Waals surface area contributed by atoms with E-state index in [0.29, 0.717) is 17.0 Å². The first-order chi connectivity index (χ1) is 12.3. The molecule has 26 heavy (non-hydrogen) atoms. The highest BCUT2D eigenvalue weighted by molar-refractivity contribution is 5.85. The molecule has 2 rings (SSSR count). The van der Waals surface area contributed by atoms with Gasteiger partial charge in [0, 0.05) is 5.69 Å². The number of benzene rings is 2. The molecule has 5 heteroatoms. The summed E-state index contributed by atoms with van der Waals surface area (Å²) in [5.41, 5.74) is 2.53. The highest BCUT2D eigenvalue weighted by Crippen LogP contribution is 2.20. The number of hydrogen-bond acceptors (Lipinski definition) is 4. The van der Waals surface area contributed by atoms with E-state index in [0.717, 1.165) is 17.4 Å². The number of hydrogen-bond donors (Lipinski definition) is 1. The van der Waals surface area contributed by atoms with E-state index < -0.39 is 11.7 Å². The van der Waals surface area contributed by atoms with E-state index in [9.17, 15) is 9.59 Å². The van der Waals surface area contributed by atoms with E-state index in [4.69, 9.17) is 9.47 Å². The molecule has 136 valence electrons. The van der Waals surface area contributed by atoms with Gasteiger partial charge in [-0.05, 0) is 56.2 Å². The molecule has 0 aliphatic rings. The van der Waals surface area contributed by atoms with Crippen LogP contribution >= 0.6 is 0 Å². The molecule has 0 fully saturated rings. The maximum atomic E-state index is 11.8. The number of carbonyl (C=O) groups is 2. The number of aldehydes is 1. The van der Waals surface area contributed by atoms with E-state index in [1.165, 1.54) is 7.11 Å². The zero-order valence-electron chi connectivity index (χ0n) is 15.4. The summed E-state index contributed by atoms with van der Waals surface area (Å²) in [6, 6.07) is 12.8. The minimum absolute atomic E-state index is 0.483. The molecular formula is C21H23NO4.